The van der Waals surface area contributed by atoms with E-state index in [1.807, 2.05) is 0 Å². The summed E-state index contributed by atoms with van der Waals surface area (Å²) >= 11 is 0. The van der Waals surface area contributed by atoms with Crippen LogP contribution in [0.3, 0.4) is 0 Å². The zero-order valence-corrected chi connectivity index (χ0v) is 12.6. The van der Waals surface area contributed by atoms with Crippen LogP contribution >= 0.6 is 0 Å². The third-order valence-electron chi connectivity index (χ3n) is 3.51. The molecule has 1 aromatic carbocycles. The molecule has 0 amide bonds. The predicted molar refractivity (Wildman–Crippen MR) is 89.4 cm³/mol. The standard InChI is InChI=1S/C15H14N6O3/c1-24-11-3-9(17)7(4-16)2-10(11)21-14-12-8(15(22)23)5-18-13(12)19-6-20-14/h2-6,16H,17H2,1H3,(H,22,23)(H2,18,19,20,21). The van der Waals surface area contributed by atoms with Crippen LogP contribution < -0.4 is 15.8 Å². The van der Waals surface area contributed by atoms with Crippen molar-refractivity contribution in [1.29, 1.82) is 5.41 Å². The molecule has 24 heavy (non-hydrogen) atoms. The van der Waals surface area contributed by atoms with E-state index in [2.05, 4.69) is 20.3 Å². The number of aromatic carboxylic acids is 1. The maximum absolute atomic E-state index is 11.4. The van der Waals surface area contributed by atoms with Crippen molar-refractivity contribution in [2.24, 2.45) is 0 Å². The van der Waals surface area contributed by atoms with Crippen molar-refractivity contribution in [2.45, 2.75) is 0 Å². The number of hydrogen-bond acceptors (Lipinski definition) is 7. The topological polar surface area (TPSA) is 150 Å². The molecule has 0 radical (unpaired) electrons. The number of ether oxygens (including phenoxy) is 1. The van der Waals surface area contributed by atoms with E-state index >= 15 is 0 Å². The van der Waals surface area contributed by atoms with E-state index in [0.29, 0.717) is 39.5 Å². The molecule has 9 heteroatoms. The maximum atomic E-state index is 11.4. The normalized spacial score (nSPS) is 10.5. The Morgan fingerprint density at radius 2 is 2.25 bits per heavy atom. The molecule has 6 N–H and O–H groups in total. The molecular formula is C15H14N6O3. The fourth-order valence-corrected chi connectivity index (χ4v) is 2.36. The zero-order valence-electron chi connectivity index (χ0n) is 12.6. The number of aromatic amines is 1. The SMILES string of the molecule is COc1cc(N)c(C=N)cc1Nc1ncnc2[nH]cc(C(=O)O)c12. The summed E-state index contributed by atoms with van der Waals surface area (Å²) in [7, 11) is 1.48. The molecule has 3 rings (SSSR count). The Labute approximate surface area is 136 Å². The number of methoxy groups -OCH3 is 1. The Hall–Kier alpha value is -3.62. The molecule has 0 bridgehead atoms. The van der Waals surface area contributed by atoms with Gasteiger partial charge in [-0.2, -0.15) is 0 Å². The van der Waals surface area contributed by atoms with Crippen molar-refractivity contribution < 1.29 is 14.6 Å². The van der Waals surface area contributed by atoms with Gasteiger partial charge in [-0.25, -0.2) is 14.8 Å². The third kappa shape index (κ3) is 2.47. The molecule has 0 aliphatic heterocycles. The first-order valence-electron chi connectivity index (χ1n) is 6.85. The molecule has 0 aliphatic carbocycles. The number of nitrogen functional groups attached to an aromatic ring is 1. The first-order valence-corrected chi connectivity index (χ1v) is 6.85. The second kappa shape index (κ2) is 5.88. The highest BCUT2D eigenvalue weighted by molar-refractivity contribution is 6.07. The summed E-state index contributed by atoms with van der Waals surface area (Å²) in [4.78, 5) is 22.3. The van der Waals surface area contributed by atoms with Gasteiger partial charge < -0.3 is 31.3 Å². The molecule has 9 nitrogen and oxygen atoms in total. The van der Waals surface area contributed by atoms with Crippen LogP contribution in [0.15, 0.2) is 24.7 Å². The van der Waals surface area contributed by atoms with Crippen LogP contribution in [-0.4, -0.2) is 39.4 Å². The van der Waals surface area contributed by atoms with Gasteiger partial charge in [0, 0.05) is 29.7 Å². The van der Waals surface area contributed by atoms with Crippen LogP contribution in [0.5, 0.6) is 5.75 Å². The summed E-state index contributed by atoms with van der Waals surface area (Å²) in [6.07, 6.45) is 3.79. The van der Waals surface area contributed by atoms with Crippen LogP contribution in [-0.2, 0) is 0 Å². The van der Waals surface area contributed by atoms with E-state index < -0.39 is 5.97 Å². The van der Waals surface area contributed by atoms with Gasteiger partial charge in [-0.15, -0.1) is 0 Å². The molecule has 2 aromatic heterocycles. The second-order valence-electron chi connectivity index (χ2n) is 4.90. The number of nitrogens with zero attached hydrogens (tertiary/aromatic N) is 2. The average Bonchev–Trinajstić information content (AvgIpc) is 3.01. The van der Waals surface area contributed by atoms with Gasteiger partial charge >= 0.3 is 5.97 Å². The summed E-state index contributed by atoms with van der Waals surface area (Å²) in [6, 6.07) is 3.21. The number of hydrogen-bond donors (Lipinski definition) is 5. The minimum atomic E-state index is -1.09. The van der Waals surface area contributed by atoms with Crippen molar-refractivity contribution in [3.05, 3.63) is 35.8 Å². The minimum Gasteiger partial charge on any atom is -0.494 e. The highest BCUT2D eigenvalue weighted by atomic mass is 16.5. The smallest absolute Gasteiger partial charge is 0.338 e. The number of nitrogens with two attached hydrogens (primary N) is 1. The number of benzene rings is 1. The number of anilines is 3. The van der Waals surface area contributed by atoms with Crippen molar-refractivity contribution in [1.82, 2.24) is 15.0 Å². The largest absolute Gasteiger partial charge is 0.494 e. The van der Waals surface area contributed by atoms with Gasteiger partial charge in [0.2, 0.25) is 0 Å². The lowest BCUT2D eigenvalue weighted by Crippen LogP contribution is -2.03. The monoisotopic (exact) mass is 326 g/mol. The number of carbonyl (C=O) groups is 1. The summed E-state index contributed by atoms with van der Waals surface area (Å²) in [5, 5.41) is 20.1. The summed E-state index contributed by atoms with van der Waals surface area (Å²) in [5.41, 5.74) is 7.68. The zero-order chi connectivity index (χ0) is 17.3. The Morgan fingerprint density at radius 1 is 1.46 bits per heavy atom. The molecule has 0 spiro atoms. The van der Waals surface area contributed by atoms with Gasteiger partial charge in [-0.3, -0.25) is 0 Å². The lowest BCUT2D eigenvalue weighted by molar-refractivity contribution is 0.0699. The first-order chi connectivity index (χ1) is 11.5. The quantitative estimate of drug-likeness (QED) is 0.355. The molecule has 0 saturated carbocycles. The van der Waals surface area contributed by atoms with E-state index in [1.165, 1.54) is 19.6 Å². The molecular weight excluding hydrogens is 312 g/mol. The number of aromatic nitrogens is 3. The van der Waals surface area contributed by atoms with E-state index in [1.54, 1.807) is 12.1 Å². The highest BCUT2D eigenvalue weighted by Crippen LogP contribution is 2.33. The molecule has 2 heterocycles. The highest BCUT2D eigenvalue weighted by Gasteiger charge is 2.17. The van der Waals surface area contributed by atoms with Crippen molar-refractivity contribution in [3.8, 4) is 5.75 Å². The Morgan fingerprint density at radius 3 is 2.92 bits per heavy atom. The molecule has 0 saturated heterocycles. The lowest BCUT2D eigenvalue weighted by Gasteiger charge is -2.13. The molecule has 0 unspecified atom stereocenters. The Balaban J connectivity index is 2.15. The maximum Gasteiger partial charge on any atom is 0.338 e. The van der Waals surface area contributed by atoms with E-state index in [-0.39, 0.29) is 5.56 Å². The number of carboxylic acid groups (broad SMARTS) is 1. The fourth-order valence-electron chi connectivity index (χ4n) is 2.36. The number of carboxylic acids is 1. The van der Waals surface area contributed by atoms with Crippen LogP contribution in [0, 0.1) is 5.41 Å². The first kappa shape index (κ1) is 15.3. The van der Waals surface area contributed by atoms with Crippen LogP contribution in [0.25, 0.3) is 11.0 Å². The van der Waals surface area contributed by atoms with Gasteiger partial charge in [-0.1, -0.05) is 0 Å². The number of fused-ring (bicyclic) bond motifs is 1. The predicted octanol–water partition coefficient (Wildman–Crippen LogP) is 1.99. The summed E-state index contributed by atoms with van der Waals surface area (Å²) < 4.78 is 5.28. The number of nitrogens with one attached hydrogen (secondary N) is 3. The Bertz CT molecular complexity index is 950. The molecule has 122 valence electrons. The van der Waals surface area contributed by atoms with Gasteiger partial charge in [-0.05, 0) is 6.07 Å². The van der Waals surface area contributed by atoms with Crippen molar-refractivity contribution in [2.75, 3.05) is 18.2 Å². The van der Waals surface area contributed by atoms with Gasteiger partial charge in [0.25, 0.3) is 0 Å². The Kier molecular flexibility index (Phi) is 3.74. The van der Waals surface area contributed by atoms with Crippen LogP contribution in [0.1, 0.15) is 15.9 Å². The summed E-state index contributed by atoms with van der Waals surface area (Å²) in [5.74, 6) is -0.349. The van der Waals surface area contributed by atoms with Gasteiger partial charge in [0.15, 0.2) is 0 Å². The van der Waals surface area contributed by atoms with E-state index in [4.69, 9.17) is 15.9 Å². The average molecular weight is 326 g/mol. The molecule has 0 fully saturated rings. The molecule has 0 aliphatic rings. The van der Waals surface area contributed by atoms with Gasteiger partial charge in [0.05, 0.1) is 23.7 Å². The summed E-state index contributed by atoms with van der Waals surface area (Å²) in [6.45, 7) is 0. The minimum absolute atomic E-state index is 0.0507. The van der Waals surface area contributed by atoms with Crippen molar-refractivity contribution in [3.63, 3.8) is 0 Å². The number of rotatable bonds is 5. The number of H-pyrrole nitrogens is 1. The van der Waals surface area contributed by atoms with E-state index in [9.17, 15) is 9.90 Å². The van der Waals surface area contributed by atoms with Crippen molar-refractivity contribution >= 4 is 40.4 Å². The molecule has 0 atom stereocenters. The second-order valence-corrected chi connectivity index (χ2v) is 4.90. The van der Waals surface area contributed by atoms with Crippen LogP contribution in [0.4, 0.5) is 17.2 Å². The van der Waals surface area contributed by atoms with Crippen LogP contribution in [0.2, 0.25) is 0 Å². The molecule has 3 aromatic rings. The van der Waals surface area contributed by atoms with E-state index in [0.717, 1.165) is 6.21 Å². The van der Waals surface area contributed by atoms with Gasteiger partial charge in [0.1, 0.15) is 23.5 Å². The lowest BCUT2D eigenvalue weighted by atomic mass is 10.1. The third-order valence-corrected chi connectivity index (χ3v) is 3.51. The fraction of sp³-hybridized carbons (Fsp3) is 0.0667.